The van der Waals surface area contributed by atoms with Crippen LogP contribution in [0.3, 0.4) is 0 Å². The maximum absolute atomic E-state index is 13.5. The van der Waals surface area contributed by atoms with Gasteiger partial charge < -0.3 is 14.3 Å². The van der Waals surface area contributed by atoms with Crippen LogP contribution >= 0.6 is 11.3 Å². The molecule has 4 heterocycles. The molecule has 1 saturated heterocycles. The van der Waals surface area contributed by atoms with E-state index in [1.165, 1.54) is 22.1 Å². The molecule has 0 unspecified atom stereocenters. The first-order valence-corrected chi connectivity index (χ1v) is 13.4. The summed E-state index contributed by atoms with van der Waals surface area (Å²) in [5.41, 5.74) is 0. The van der Waals surface area contributed by atoms with E-state index in [1.807, 2.05) is 0 Å². The highest BCUT2D eigenvalue weighted by molar-refractivity contribution is 7.89. The van der Waals surface area contributed by atoms with Crippen molar-refractivity contribution in [1.29, 1.82) is 0 Å². The van der Waals surface area contributed by atoms with E-state index in [-0.39, 0.29) is 23.9 Å². The zero-order chi connectivity index (χ0) is 23.0. The lowest BCUT2D eigenvalue weighted by molar-refractivity contribution is -0.126. The van der Waals surface area contributed by atoms with E-state index in [0.29, 0.717) is 52.5 Å². The topological polar surface area (TPSA) is 119 Å². The molecule has 0 radical (unpaired) electrons. The van der Waals surface area contributed by atoms with E-state index in [2.05, 4.69) is 15.5 Å². The maximum Gasteiger partial charge on any atom is 0.244 e. The summed E-state index contributed by atoms with van der Waals surface area (Å²) in [5, 5.41) is 6.92. The van der Waals surface area contributed by atoms with Gasteiger partial charge in [0.1, 0.15) is 5.76 Å². The Morgan fingerprint density at radius 2 is 2.15 bits per heavy atom. The molecule has 1 aliphatic heterocycles. The molecule has 1 amide bonds. The normalized spacial score (nSPS) is 20.0. The molecule has 33 heavy (non-hydrogen) atoms. The van der Waals surface area contributed by atoms with Gasteiger partial charge in [-0.1, -0.05) is 11.6 Å². The fourth-order valence-corrected chi connectivity index (χ4v) is 7.24. The quantitative estimate of drug-likeness (QED) is 0.536. The van der Waals surface area contributed by atoms with Crippen molar-refractivity contribution in [1.82, 2.24) is 19.8 Å². The lowest BCUT2D eigenvalue weighted by atomic mass is 9.85. The summed E-state index contributed by atoms with van der Waals surface area (Å²) >= 11 is 1.34. The minimum atomic E-state index is -3.75. The predicted molar refractivity (Wildman–Crippen MR) is 121 cm³/mol. The van der Waals surface area contributed by atoms with Crippen molar-refractivity contribution in [2.24, 2.45) is 5.92 Å². The Morgan fingerprint density at radius 3 is 2.88 bits per heavy atom. The van der Waals surface area contributed by atoms with Crippen LogP contribution in [0.1, 0.15) is 54.6 Å². The van der Waals surface area contributed by atoms with Gasteiger partial charge in [-0.05, 0) is 50.8 Å². The highest BCUT2D eigenvalue weighted by Crippen LogP contribution is 2.38. The smallest absolute Gasteiger partial charge is 0.244 e. The van der Waals surface area contributed by atoms with Gasteiger partial charge in [0.2, 0.25) is 27.6 Å². The zero-order valence-electron chi connectivity index (χ0n) is 18.3. The van der Waals surface area contributed by atoms with Crippen molar-refractivity contribution in [3.8, 4) is 10.7 Å². The van der Waals surface area contributed by atoms with Crippen molar-refractivity contribution in [2.75, 3.05) is 13.1 Å². The van der Waals surface area contributed by atoms with Crippen molar-refractivity contribution in [3.05, 3.63) is 41.0 Å². The highest BCUT2D eigenvalue weighted by atomic mass is 32.2. The van der Waals surface area contributed by atoms with Gasteiger partial charge in [0, 0.05) is 23.9 Å². The molecule has 3 aromatic rings. The number of amides is 1. The van der Waals surface area contributed by atoms with E-state index < -0.39 is 15.9 Å². The summed E-state index contributed by atoms with van der Waals surface area (Å²) in [6.07, 6.45) is 6.10. The molecule has 3 aromatic heterocycles. The third-order valence-electron chi connectivity index (χ3n) is 6.38. The molecule has 0 bridgehead atoms. The number of hydrogen-bond donors (Lipinski definition) is 1. The largest absolute Gasteiger partial charge is 0.467 e. The molecule has 176 valence electrons. The Morgan fingerprint density at radius 1 is 1.30 bits per heavy atom. The fourth-order valence-electron chi connectivity index (χ4n) is 4.23. The van der Waals surface area contributed by atoms with Crippen LogP contribution in [-0.2, 0) is 21.4 Å². The second kappa shape index (κ2) is 9.03. The Bertz CT molecular complexity index is 1230. The van der Waals surface area contributed by atoms with Crippen LogP contribution in [0.2, 0.25) is 0 Å². The first-order chi connectivity index (χ1) is 15.9. The Balaban J connectivity index is 1.29. The second-order valence-corrected chi connectivity index (χ2v) is 11.8. The molecule has 0 spiro atoms. The van der Waals surface area contributed by atoms with Crippen molar-refractivity contribution in [2.45, 2.75) is 56.4 Å². The molecular weight excluding hydrogens is 464 g/mol. The van der Waals surface area contributed by atoms with E-state index in [0.717, 1.165) is 12.8 Å². The molecule has 9 nitrogen and oxygen atoms in total. The van der Waals surface area contributed by atoms with E-state index in [9.17, 15) is 13.2 Å². The molecular formula is C22H26N4O5S2. The van der Waals surface area contributed by atoms with Gasteiger partial charge >= 0.3 is 0 Å². The number of nitrogens with zero attached hydrogens (tertiary/aromatic N) is 3. The van der Waals surface area contributed by atoms with E-state index >= 15 is 0 Å². The van der Waals surface area contributed by atoms with Gasteiger partial charge in [0.15, 0.2) is 0 Å². The number of furan rings is 1. The van der Waals surface area contributed by atoms with Gasteiger partial charge in [0.05, 0.1) is 28.5 Å². The number of thiophene rings is 1. The van der Waals surface area contributed by atoms with Crippen LogP contribution in [0.15, 0.2) is 38.3 Å². The number of carbonyl (C=O) groups excluding carboxylic acids is 1. The molecule has 1 atom stereocenters. The monoisotopic (exact) mass is 490 g/mol. The number of nitrogens with one attached hydrogen (secondary N) is 1. The Labute approximate surface area is 196 Å². The number of aryl methyl sites for hydroxylation is 1. The summed E-state index contributed by atoms with van der Waals surface area (Å²) in [4.78, 5) is 18.7. The molecule has 5 rings (SSSR count). The number of sulfonamides is 1. The van der Waals surface area contributed by atoms with Gasteiger partial charge in [-0.2, -0.15) is 9.29 Å². The first-order valence-electron chi connectivity index (χ1n) is 11.2. The third kappa shape index (κ3) is 4.49. The highest BCUT2D eigenvalue weighted by Gasteiger charge is 2.35. The fraction of sp³-hybridized carbons (Fsp3) is 0.500. The zero-order valence-corrected chi connectivity index (χ0v) is 20.0. The average molecular weight is 491 g/mol. The van der Waals surface area contributed by atoms with Crippen molar-refractivity contribution < 1.29 is 22.2 Å². The van der Waals surface area contributed by atoms with Crippen LogP contribution in [0, 0.1) is 12.8 Å². The van der Waals surface area contributed by atoms with E-state index in [1.54, 1.807) is 31.4 Å². The lowest BCUT2D eigenvalue weighted by Gasteiger charge is -2.31. The number of piperidine rings is 1. The van der Waals surface area contributed by atoms with Gasteiger partial charge in [-0.25, -0.2) is 8.42 Å². The molecule has 11 heteroatoms. The summed E-state index contributed by atoms with van der Waals surface area (Å²) < 4.78 is 39.0. The first kappa shape index (κ1) is 22.3. The summed E-state index contributed by atoms with van der Waals surface area (Å²) in [7, 11) is -3.75. The summed E-state index contributed by atoms with van der Waals surface area (Å²) in [6, 6.07) is 5.18. The molecule has 0 aromatic carbocycles. The molecule has 1 aliphatic carbocycles. The number of carbonyl (C=O) groups is 1. The molecule has 2 aliphatic rings. The predicted octanol–water partition coefficient (Wildman–Crippen LogP) is 3.68. The standard InChI is InChI=1S/C22H26N4O5S2/c1-14-19(11-18(32-14)20-24-22(31-25-20)15-5-2-6-15)33(28,29)26-9-3-7-16(13-26)21(27)23-12-17-8-4-10-30-17/h4,8,10-11,15-16H,2-3,5-7,9,12-13H2,1H3,(H,23,27)/t16-/m1/s1. The number of hydrogen-bond acceptors (Lipinski definition) is 8. The minimum Gasteiger partial charge on any atom is -0.467 e. The van der Waals surface area contributed by atoms with Crippen LogP contribution in [0.5, 0.6) is 0 Å². The van der Waals surface area contributed by atoms with Crippen molar-refractivity contribution in [3.63, 3.8) is 0 Å². The number of rotatable bonds is 7. The maximum atomic E-state index is 13.5. The lowest BCUT2D eigenvalue weighted by Crippen LogP contribution is -2.45. The Hall–Kier alpha value is -2.50. The van der Waals surface area contributed by atoms with Crippen LogP contribution < -0.4 is 5.32 Å². The molecule has 1 N–H and O–H groups in total. The third-order valence-corrected chi connectivity index (χ3v) is 9.55. The SMILES string of the molecule is Cc1sc(-c2noc(C3CCC3)n2)cc1S(=O)(=O)N1CCC[C@@H](C(=O)NCc2ccco2)C1. The van der Waals surface area contributed by atoms with Gasteiger partial charge in [0.25, 0.3) is 0 Å². The Kier molecular flexibility index (Phi) is 6.11. The van der Waals surface area contributed by atoms with Crippen LogP contribution in [0.25, 0.3) is 10.7 Å². The van der Waals surface area contributed by atoms with E-state index in [4.69, 9.17) is 8.94 Å². The van der Waals surface area contributed by atoms with Crippen LogP contribution in [0.4, 0.5) is 0 Å². The van der Waals surface area contributed by atoms with Gasteiger partial charge in [-0.15, -0.1) is 11.3 Å². The summed E-state index contributed by atoms with van der Waals surface area (Å²) in [6.45, 7) is 2.62. The molecule has 2 fully saturated rings. The summed E-state index contributed by atoms with van der Waals surface area (Å²) in [5.74, 6) is 1.48. The number of aromatic nitrogens is 2. The molecule has 1 saturated carbocycles. The van der Waals surface area contributed by atoms with Crippen LogP contribution in [-0.4, -0.2) is 41.9 Å². The van der Waals surface area contributed by atoms with Crippen molar-refractivity contribution >= 4 is 27.3 Å². The van der Waals surface area contributed by atoms with Gasteiger partial charge in [-0.3, -0.25) is 4.79 Å². The average Bonchev–Trinajstić information content (AvgIpc) is 3.52. The minimum absolute atomic E-state index is 0.158. The second-order valence-electron chi connectivity index (χ2n) is 8.61.